The molecule has 13 heavy (non-hydrogen) atoms. The van der Waals surface area contributed by atoms with E-state index >= 15 is 0 Å². The van der Waals surface area contributed by atoms with Gasteiger partial charge in [-0.05, 0) is 25.8 Å². The molecule has 0 radical (unpaired) electrons. The van der Waals surface area contributed by atoms with Crippen LogP contribution >= 0.6 is 34.8 Å². The van der Waals surface area contributed by atoms with Crippen LogP contribution < -0.4 is 0 Å². The molecule has 0 aliphatic rings. The topological polar surface area (TPSA) is 17.1 Å². The SMILES string of the molecule is CC(Cl)C=C(CCCl)C(=O)C(C)Cl. The first-order chi connectivity index (χ1) is 5.99. The second-order valence-corrected chi connectivity index (χ2v) is 4.51. The van der Waals surface area contributed by atoms with E-state index in [9.17, 15) is 4.79 Å². The van der Waals surface area contributed by atoms with Crippen molar-refractivity contribution in [1.82, 2.24) is 0 Å². The number of Topliss-reactive ketones (excluding diaryl/α,β-unsaturated/α-hetero) is 1. The van der Waals surface area contributed by atoms with Crippen LogP contribution in [0.2, 0.25) is 0 Å². The van der Waals surface area contributed by atoms with E-state index in [4.69, 9.17) is 34.8 Å². The highest BCUT2D eigenvalue weighted by Gasteiger charge is 2.15. The molecule has 0 aliphatic heterocycles. The summed E-state index contributed by atoms with van der Waals surface area (Å²) in [5, 5.41) is -0.678. The predicted molar refractivity (Wildman–Crippen MR) is 59.1 cm³/mol. The molecule has 76 valence electrons. The summed E-state index contributed by atoms with van der Waals surface area (Å²) in [6.07, 6.45) is 2.22. The Balaban J connectivity index is 4.50. The standard InChI is InChI=1S/C9H13Cl3O/c1-6(11)5-8(3-4-10)9(13)7(2)12/h5-7H,3-4H2,1-2H3. The lowest BCUT2D eigenvalue weighted by molar-refractivity contribution is -0.115. The molecule has 0 spiro atoms. The second kappa shape index (κ2) is 6.69. The molecular weight excluding hydrogens is 230 g/mol. The molecular formula is C9H13Cl3O. The monoisotopic (exact) mass is 242 g/mol. The second-order valence-electron chi connectivity index (χ2n) is 2.79. The van der Waals surface area contributed by atoms with Crippen molar-refractivity contribution in [2.24, 2.45) is 0 Å². The number of allylic oxidation sites excluding steroid dienone is 2. The lowest BCUT2D eigenvalue weighted by Crippen LogP contribution is -2.14. The van der Waals surface area contributed by atoms with Gasteiger partial charge in [-0.1, -0.05) is 6.08 Å². The smallest absolute Gasteiger partial charge is 0.176 e. The van der Waals surface area contributed by atoms with E-state index in [2.05, 4.69) is 0 Å². The molecule has 0 amide bonds. The van der Waals surface area contributed by atoms with Gasteiger partial charge in [0, 0.05) is 11.3 Å². The number of alkyl halides is 3. The minimum atomic E-state index is -0.509. The summed E-state index contributed by atoms with van der Waals surface area (Å²) in [5.41, 5.74) is 0.625. The summed E-state index contributed by atoms with van der Waals surface area (Å²) in [4.78, 5) is 11.5. The molecule has 0 saturated heterocycles. The van der Waals surface area contributed by atoms with Crippen LogP contribution in [0.1, 0.15) is 20.3 Å². The van der Waals surface area contributed by atoms with Gasteiger partial charge in [0.25, 0.3) is 0 Å². The van der Waals surface area contributed by atoms with Gasteiger partial charge in [0.1, 0.15) is 0 Å². The quantitative estimate of drug-likeness (QED) is 0.534. The molecule has 0 fully saturated rings. The van der Waals surface area contributed by atoms with Gasteiger partial charge in [0.15, 0.2) is 5.78 Å². The molecule has 0 heterocycles. The van der Waals surface area contributed by atoms with Crippen molar-refractivity contribution < 1.29 is 4.79 Å². The van der Waals surface area contributed by atoms with E-state index in [1.165, 1.54) is 0 Å². The number of halogens is 3. The third-order valence-corrected chi connectivity index (χ3v) is 1.99. The highest BCUT2D eigenvalue weighted by atomic mass is 35.5. The average molecular weight is 244 g/mol. The molecule has 0 aromatic heterocycles. The molecule has 0 aromatic carbocycles. The molecule has 0 rings (SSSR count). The molecule has 0 N–H and O–H groups in total. The van der Waals surface area contributed by atoms with Crippen LogP contribution in [-0.4, -0.2) is 22.4 Å². The zero-order valence-electron chi connectivity index (χ0n) is 7.69. The van der Waals surface area contributed by atoms with Crippen LogP contribution in [0.25, 0.3) is 0 Å². The summed E-state index contributed by atoms with van der Waals surface area (Å²) in [6, 6.07) is 0. The number of rotatable bonds is 5. The van der Waals surface area contributed by atoms with Crippen molar-refractivity contribution in [3.05, 3.63) is 11.6 Å². The minimum Gasteiger partial charge on any atom is -0.293 e. The van der Waals surface area contributed by atoms with Gasteiger partial charge >= 0.3 is 0 Å². The molecule has 0 bridgehead atoms. The summed E-state index contributed by atoms with van der Waals surface area (Å²) < 4.78 is 0. The fourth-order valence-electron chi connectivity index (χ4n) is 0.923. The Morgan fingerprint density at radius 3 is 2.23 bits per heavy atom. The zero-order valence-corrected chi connectivity index (χ0v) is 9.96. The van der Waals surface area contributed by atoms with Gasteiger partial charge in [-0.3, -0.25) is 4.79 Å². The van der Waals surface area contributed by atoms with E-state index in [1.807, 2.05) is 0 Å². The normalized spacial score (nSPS) is 16.8. The van der Waals surface area contributed by atoms with Crippen LogP contribution in [0.15, 0.2) is 11.6 Å². The highest BCUT2D eigenvalue weighted by Crippen LogP contribution is 2.13. The van der Waals surface area contributed by atoms with Gasteiger partial charge in [0.2, 0.25) is 0 Å². The first-order valence-electron chi connectivity index (χ1n) is 4.08. The number of carbonyl (C=O) groups excluding carboxylic acids is 1. The van der Waals surface area contributed by atoms with Crippen molar-refractivity contribution in [3.8, 4) is 0 Å². The third-order valence-electron chi connectivity index (χ3n) is 1.47. The Kier molecular flexibility index (Phi) is 6.84. The Morgan fingerprint density at radius 1 is 1.38 bits per heavy atom. The molecule has 0 aliphatic carbocycles. The fourth-order valence-corrected chi connectivity index (χ4v) is 1.42. The molecule has 2 atom stereocenters. The van der Waals surface area contributed by atoms with Gasteiger partial charge in [0.05, 0.1) is 5.38 Å². The fraction of sp³-hybridized carbons (Fsp3) is 0.667. The Bertz CT molecular complexity index is 197. The highest BCUT2D eigenvalue weighted by molar-refractivity contribution is 6.33. The van der Waals surface area contributed by atoms with Crippen LogP contribution in [-0.2, 0) is 4.79 Å². The number of hydrogen-bond donors (Lipinski definition) is 0. The minimum absolute atomic E-state index is 0.0881. The first-order valence-corrected chi connectivity index (χ1v) is 5.48. The van der Waals surface area contributed by atoms with Gasteiger partial charge < -0.3 is 0 Å². The number of hydrogen-bond acceptors (Lipinski definition) is 1. The Hall–Kier alpha value is 0.280. The zero-order chi connectivity index (χ0) is 10.4. The van der Waals surface area contributed by atoms with Crippen molar-refractivity contribution in [2.45, 2.75) is 31.0 Å². The van der Waals surface area contributed by atoms with E-state index in [1.54, 1.807) is 19.9 Å². The van der Waals surface area contributed by atoms with Gasteiger partial charge in [-0.2, -0.15) is 0 Å². The van der Waals surface area contributed by atoms with Gasteiger partial charge in [-0.25, -0.2) is 0 Å². The lowest BCUT2D eigenvalue weighted by atomic mass is 10.1. The summed E-state index contributed by atoms with van der Waals surface area (Å²) >= 11 is 17.0. The van der Waals surface area contributed by atoms with Crippen LogP contribution in [0.4, 0.5) is 0 Å². The van der Waals surface area contributed by atoms with Gasteiger partial charge in [-0.15, -0.1) is 34.8 Å². The van der Waals surface area contributed by atoms with E-state index < -0.39 is 5.38 Å². The van der Waals surface area contributed by atoms with Crippen LogP contribution in [0, 0.1) is 0 Å². The van der Waals surface area contributed by atoms with Crippen LogP contribution in [0.5, 0.6) is 0 Å². The number of carbonyl (C=O) groups is 1. The molecule has 4 heteroatoms. The maximum Gasteiger partial charge on any atom is 0.176 e. The van der Waals surface area contributed by atoms with Crippen molar-refractivity contribution in [2.75, 3.05) is 5.88 Å². The van der Waals surface area contributed by atoms with Crippen LogP contribution in [0.3, 0.4) is 0 Å². The predicted octanol–water partition coefficient (Wildman–Crippen LogP) is 3.37. The largest absolute Gasteiger partial charge is 0.293 e. The van der Waals surface area contributed by atoms with E-state index in [0.29, 0.717) is 17.9 Å². The first kappa shape index (κ1) is 13.3. The Labute approximate surface area is 94.0 Å². The third kappa shape index (κ3) is 5.56. The average Bonchev–Trinajstić information content (AvgIpc) is 2.01. The molecule has 0 aromatic rings. The maximum absolute atomic E-state index is 11.5. The summed E-state index contributed by atoms with van der Waals surface area (Å²) in [7, 11) is 0. The van der Waals surface area contributed by atoms with E-state index in [0.717, 1.165) is 0 Å². The Morgan fingerprint density at radius 2 is 1.92 bits per heavy atom. The summed E-state index contributed by atoms with van der Waals surface area (Å²) in [5.74, 6) is 0.319. The van der Waals surface area contributed by atoms with Crippen molar-refractivity contribution in [1.29, 1.82) is 0 Å². The van der Waals surface area contributed by atoms with E-state index in [-0.39, 0.29) is 11.2 Å². The van der Waals surface area contributed by atoms with Crippen molar-refractivity contribution in [3.63, 3.8) is 0 Å². The number of ketones is 1. The molecule has 2 unspecified atom stereocenters. The van der Waals surface area contributed by atoms with Crippen molar-refractivity contribution >= 4 is 40.6 Å². The maximum atomic E-state index is 11.5. The molecule has 1 nitrogen and oxygen atoms in total. The lowest BCUT2D eigenvalue weighted by Gasteiger charge is -2.07. The molecule has 0 saturated carbocycles. The summed E-state index contributed by atoms with van der Waals surface area (Å²) in [6.45, 7) is 3.44.